The fraction of sp³-hybridized carbons (Fsp3) is 0.273. The van der Waals surface area contributed by atoms with Crippen molar-refractivity contribution in [1.82, 2.24) is 0 Å². The molecule has 0 atom stereocenters. The van der Waals surface area contributed by atoms with Gasteiger partial charge in [-0.2, -0.15) is 9.98 Å². The summed E-state index contributed by atoms with van der Waals surface area (Å²) in [5.41, 5.74) is 24.8. The minimum Gasteiger partial charge on any atom is -0.369 e. The SMILES string of the molecule is NC(=NCCCCCCN=C(N)/N=C(\N)Nc1ccc(Cl)cc1)/N=C(\N)Nc1ccc(Cl)cc1.[Ag+]. The quantitative estimate of drug-likeness (QED) is 0.109. The summed E-state index contributed by atoms with van der Waals surface area (Å²) >= 11 is 11.7. The van der Waals surface area contributed by atoms with E-state index in [1.165, 1.54) is 0 Å². The maximum absolute atomic E-state index is 5.85. The number of nitrogens with two attached hydrogens (primary N) is 4. The number of nitrogens with one attached hydrogen (secondary N) is 2. The molecule has 0 fully saturated rings. The maximum Gasteiger partial charge on any atom is 1.00 e. The standard InChI is InChI=1S/C22H30Cl2N10.Ag/c23-15-5-9-17(10-6-15)31-21(27)33-19(25)29-13-3-1-2-4-14-30-20(26)34-22(28)32-18-11-7-16(24)8-12-18;/h5-12H,1-4,13-14H2,(H5,25,27,29,31,33)(H5,26,28,30,32,34);/q;+1. The average Bonchev–Trinajstić information content (AvgIpc) is 2.78. The number of hydrogen-bond acceptors (Lipinski definition) is 2. The van der Waals surface area contributed by atoms with E-state index < -0.39 is 0 Å². The summed E-state index contributed by atoms with van der Waals surface area (Å²) in [6.07, 6.45) is 3.68. The van der Waals surface area contributed by atoms with Crippen molar-refractivity contribution >= 4 is 58.4 Å². The molecule has 0 saturated carbocycles. The van der Waals surface area contributed by atoms with Crippen LogP contribution in [0.25, 0.3) is 0 Å². The molecule has 0 heterocycles. The van der Waals surface area contributed by atoms with E-state index in [1.54, 1.807) is 48.5 Å². The van der Waals surface area contributed by atoms with E-state index in [-0.39, 0.29) is 46.2 Å². The first kappa shape index (κ1) is 30.3. The average molecular weight is 613 g/mol. The Morgan fingerprint density at radius 1 is 0.600 bits per heavy atom. The molecule has 10 N–H and O–H groups in total. The van der Waals surface area contributed by atoms with Gasteiger partial charge in [-0.1, -0.05) is 36.0 Å². The topological polar surface area (TPSA) is 178 Å². The Morgan fingerprint density at radius 2 is 0.943 bits per heavy atom. The van der Waals surface area contributed by atoms with E-state index in [1.807, 2.05) is 0 Å². The van der Waals surface area contributed by atoms with Crippen molar-refractivity contribution in [2.75, 3.05) is 23.7 Å². The summed E-state index contributed by atoms with van der Waals surface area (Å²) in [7, 11) is 0. The van der Waals surface area contributed by atoms with Gasteiger partial charge >= 0.3 is 22.4 Å². The van der Waals surface area contributed by atoms with Crippen molar-refractivity contribution in [3.63, 3.8) is 0 Å². The summed E-state index contributed by atoms with van der Waals surface area (Å²) in [5.74, 6) is 0.564. The molecule has 0 amide bonds. The molecule has 0 spiro atoms. The first-order chi connectivity index (χ1) is 16.3. The minimum absolute atomic E-state index is 0. The van der Waals surface area contributed by atoms with Crippen molar-refractivity contribution in [2.24, 2.45) is 42.9 Å². The number of anilines is 2. The van der Waals surface area contributed by atoms with Crippen LogP contribution >= 0.6 is 23.2 Å². The number of aliphatic imine (C=N–C) groups is 4. The van der Waals surface area contributed by atoms with Crippen molar-refractivity contribution < 1.29 is 22.4 Å². The summed E-state index contributed by atoms with van der Waals surface area (Å²) in [4.78, 5) is 16.5. The van der Waals surface area contributed by atoms with Crippen LogP contribution in [0.3, 0.4) is 0 Å². The van der Waals surface area contributed by atoms with E-state index in [2.05, 4.69) is 30.6 Å². The second kappa shape index (κ2) is 16.8. The van der Waals surface area contributed by atoms with Crippen molar-refractivity contribution in [1.29, 1.82) is 0 Å². The second-order valence-corrected chi connectivity index (χ2v) is 8.02. The van der Waals surface area contributed by atoms with Crippen molar-refractivity contribution in [2.45, 2.75) is 25.7 Å². The summed E-state index contributed by atoms with van der Waals surface area (Å²) in [6.45, 7) is 1.12. The van der Waals surface area contributed by atoms with E-state index in [9.17, 15) is 0 Å². The van der Waals surface area contributed by atoms with Gasteiger partial charge in [0.2, 0.25) is 23.8 Å². The fourth-order valence-corrected chi connectivity index (χ4v) is 2.95. The molecule has 35 heavy (non-hydrogen) atoms. The fourth-order valence-electron chi connectivity index (χ4n) is 2.70. The summed E-state index contributed by atoms with van der Waals surface area (Å²) < 4.78 is 0. The van der Waals surface area contributed by atoms with Crippen molar-refractivity contribution in [3.05, 3.63) is 58.6 Å². The predicted molar refractivity (Wildman–Crippen MR) is 145 cm³/mol. The van der Waals surface area contributed by atoms with Gasteiger partial charge in [-0.25, -0.2) is 0 Å². The van der Waals surface area contributed by atoms with Gasteiger partial charge in [0.05, 0.1) is 0 Å². The largest absolute Gasteiger partial charge is 1.00 e. The molecule has 192 valence electrons. The Morgan fingerprint density at radius 3 is 1.29 bits per heavy atom. The third kappa shape index (κ3) is 13.6. The zero-order valence-electron chi connectivity index (χ0n) is 19.0. The van der Waals surface area contributed by atoms with Crippen LogP contribution in [-0.2, 0) is 22.4 Å². The van der Waals surface area contributed by atoms with E-state index >= 15 is 0 Å². The zero-order valence-corrected chi connectivity index (χ0v) is 22.0. The van der Waals surface area contributed by atoms with E-state index in [0.717, 1.165) is 37.1 Å². The molecular weight excluding hydrogens is 583 g/mol. The van der Waals surface area contributed by atoms with Gasteiger partial charge in [0.15, 0.2) is 0 Å². The number of unbranched alkanes of at least 4 members (excludes halogenated alkanes) is 3. The van der Waals surface area contributed by atoms with Crippen LogP contribution in [0.2, 0.25) is 10.0 Å². The molecule has 2 rings (SSSR count). The minimum atomic E-state index is 0. The summed E-state index contributed by atoms with van der Waals surface area (Å²) in [6, 6.07) is 14.1. The van der Waals surface area contributed by atoms with Gasteiger partial charge in [-0.3, -0.25) is 9.98 Å². The first-order valence-electron chi connectivity index (χ1n) is 10.6. The molecule has 0 bridgehead atoms. The van der Waals surface area contributed by atoms with Gasteiger partial charge in [-0.15, -0.1) is 0 Å². The number of halogens is 2. The Hall–Kier alpha value is -2.76. The molecule has 0 aromatic heterocycles. The number of guanidine groups is 4. The number of nitrogens with zero attached hydrogens (tertiary/aromatic N) is 4. The Bertz CT molecular complexity index is 938. The second-order valence-electron chi connectivity index (χ2n) is 7.15. The van der Waals surface area contributed by atoms with Gasteiger partial charge in [0.25, 0.3) is 0 Å². The van der Waals surface area contributed by atoms with Gasteiger partial charge in [0.1, 0.15) is 0 Å². The van der Waals surface area contributed by atoms with Crippen LogP contribution in [-0.4, -0.2) is 36.9 Å². The van der Waals surface area contributed by atoms with Crippen LogP contribution in [0.15, 0.2) is 68.5 Å². The smallest absolute Gasteiger partial charge is 0.369 e. The third-order valence-electron chi connectivity index (χ3n) is 4.32. The monoisotopic (exact) mass is 611 g/mol. The molecule has 10 nitrogen and oxygen atoms in total. The van der Waals surface area contributed by atoms with Gasteiger partial charge < -0.3 is 33.6 Å². The third-order valence-corrected chi connectivity index (χ3v) is 4.82. The first-order valence-corrected chi connectivity index (χ1v) is 11.4. The predicted octanol–water partition coefficient (Wildman–Crippen LogP) is 3.33. The maximum atomic E-state index is 5.85. The molecule has 0 aliphatic carbocycles. The number of hydrogen-bond donors (Lipinski definition) is 6. The normalized spacial score (nSPS) is 12.7. The molecule has 2 aromatic carbocycles. The molecule has 0 aliphatic rings. The van der Waals surface area contributed by atoms with Crippen LogP contribution < -0.4 is 33.6 Å². The van der Waals surface area contributed by atoms with Gasteiger partial charge in [0, 0.05) is 34.5 Å². The van der Waals surface area contributed by atoms with Crippen LogP contribution in [0.1, 0.15) is 25.7 Å². The number of benzene rings is 2. The van der Waals surface area contributed by atoms with Gasteiger partial charge in [-0.05, 0) is 61.4 Å². The molecule has 0 aliphatic heterocycles. The van der Waals surface area contributed by atoms with Crippen LogP contribution in [0.5, 0.6) is 0 Å². The Balaban J connectivity index is 0.00000612. The Labute approximate surface area is 230 Å². The van der Waals surface area contributed by atoms with E-state index in [0.29, 0.717) is 23.1 Å². The Kier molecular flexibility index (Phi) is 14.5. The molecule has 0 unspecified atom stereocenters. The molecular formula is C22H30AgCl2N10+. The van der Waals surface area contributed by atoms with Crippen molar-refractivity contribution in [3.8, 4) is 0 Å². The number of rotatable bonds is 9. The molecule has 0 radical (unpaired) electrons. The van der Waals surface area contributed by atoms with E-state index in [4.69, 9.17) is 46.1 Å². The molecule has 0 saturated heterocycles. The van der Waals surface area contributed by atoms with Crippen LogP contribution in [0, 0.1) is 0 Å². The van der Waals surface area contributed by atoms with Crippen LogP contribution in [0.4, 0.5) is 11.4 Å². The molecule has 13 heteroatoms. The molecule has 2 aromatic rings. The zero-order chi connectivity index (χ0) is 24.8. The summed E-state index contributed by atoms with van der Waals surface area (Å²) in [5, 5.41) is 7.11.